The Morgan fingerprint density at radius 2 is 1.66 bits per heavy atom. The zero-order valence-electron chi connectivity index (χ0n) is 16.3. The highest BCUT2D eigenvalue weighted by Gasteiger charge is 2.15. The van der Waals surface area contributed by atoms with Gasteiger partial charge >= 0.3 is 5.97 Å². The monoisotopic (exact) mass is 386 g/mol. The van der Waals surface area contributed by atoms with Crippen molar-refractivity contribution in [3.63, 3.8) is 0 Å². The highest BCUT2D eigenvalue weighted by molar-refractivity contribution is 5.95. The summed E-state index contributed by atoms with van der Waals surface area (Å²) in [6.45, 7) is 3.86. The van der Waals surface area contributed by atoms with Crippen LogP contribution in [0.2, 0.25) is 0 Å². The van der Waals surface area contributed by atoms with E-state index in [1.54, 1.807) is 0 Å². The van der Waals surface area contributed by atoms with Crippen LogP contribution in [0.1, 0.15) is 11.1 Å². The lowest BCUT2D eigenvalue weighted by Crippen LogP contribution is -2.10. The number of carboxylic acids is 1. The Balaban J connectivity index is 1.76. The van der Waals surface area contributed by atoms with Crippen LogP contribution >= 0.6 is 0 Å². The largest absolute Gasteiger partial charge is 0.480 e. The van der Waals surface area contributed by atoms with Gasteiger partial charge in [-0.05, 0) is 55.3 Å². The fourth-order valence-corrected chi connectivity index (χ4v) is 3.41. The summed E-state index contributed by atoms with van der Waals surface area (Å²) >= 11 is 0. The SMILES string of the molecule is Cc1cccc(C)c1Nc1nn(CC(=O)O)c2cc(Nc3ccccc3)ccc12. The minimum absolute atomic E-state index is 0.209. The number of aromatic nitrogens is 2. The second-order valence-electron chi connectivity index (χ2n) is 7.01. The molecule has 3 N–H and O–H groups in total. The van der Waals surface area contributed by atoms with Gasteiger partial charge in [0.25, 0.3) is 0 Å². The number of nitrogens with one attached hydrogen (secondary N) is 2. The molecule has 3 aromatic carbocycles. The number of aliphatic carboxylic acids is 1. The van der Waals surface area contributed by atoms with Gasteiger partial charge in [-0.3, -0.25) is 9.48 Å². The predicted molar refractivity (Wildman–Crippen MR) is 116 cm³/mol. The summed E-state index contributed by atoms with van der Waals surface area (Å²) in [5, 5.41) is 21.5. The Morgan fingerprint density at radius 1 is 0.931 bits per heavy atom. The molecule has 0 fully saturated rings. The van der Waals surface area contributed by atoms with E-state index < -0.39 is 5.97 Å². The lowest BCUT2D eigenvalue weighted by Gasteiger charge is -2.11. The molecule has 0 bridgehead atoms. The van der Waals surface area contributed by atoms with Crippen LogP contribution in [0.5, 0.6) is 0 Å². The Hall–Kier alpha value is -3.80. The quantitative estimate of drug-likeness (QED) is 0.423. The Kier molecular flexibility index (Phi) is 4.91. The van der Waals surface area contributed by atoms with Gasteiger partial charge < -0.3 is 15.7 Å². The molecular weight excluding hydrogens is 364 g/mol. The summed E-state index contributed by atoms with van der Waals surface area (Å²) in [6, 6.07) is 21.8. The number of rotatable bonds is 6. The number of aryl methyl sites for hydroxylation is 2. The first-order chi connectivity index (χ1) is 14.0. The van der Waals surface area contributed by atoms with Gasteiger partial charge in [-0.2, -0.15) is 5.10 Å². The lowest BCUT2D eigenvalue weighted by atomic mass is 10.1. The van der Waals surface area contributed by atoms with Gasteiger partial charge in [-0.25, -0.2) is 0 Å². The van der Waals surface area contributed by atoms with Crippen molar-refractivity contribution < 1.29 is 9.90 Å². The molecule has 0 radical (unpaired) electrons. The van der Waals surface area contributed by atoms with Gasteiger partial charge in [-0.15, -0.1) is 0 Å². The summed E-state index contributed by atoms with van der Waals surface area (Å²) in [7, 11) is 0. The Labute approximate surface area is 168 Å². The van der Waals surface area contributed by atoms with Crippen LogP contribution in [-0.2, 0) is 11.3 Å². The van der Waals surface area contributed by atoms with Gasteiger partial charge in [0.15, 0.2) is 5.82 Å². The molecule has 29 heavy (non-hydrogen) atoms. The van der Waals surface area contributed by atoms with Crippen molar-refractivity contribution in [2.45, 2.75) is 20.4 Å². The number of carboxylic acid groups (broad SMARTS) is 1. The van der Waals surface area contributed by atoms with Gasteiger partial charge in [0.1, 0.15) is 6.54 Å². The molecule has 1 aromatic heterocycles. The molecule has 146 valence electrons. The number of carbonyl (C=O) groups is 1. The zero-order valence-corrected chi connectivity index (χ0v) is 16.3. The third-order valence-corrected chi connectivity index (χ3v) is 4.82. The number of anilines is 4. The molecule has 0 unspecified atom stereocenters. The standard InChI is InChI=1S/C23H22N4O2/c1-15-7-6-8-16(2)22(15)25-23-19-12-11-18(24-17-9-4-3-5-10-17)13-20(19)27(26-23)14-21(28)29/h3-13,24H,14H2,1-2H3,(H,25,26)(H,28,29). The maximum Gasteiger partial charge on any atom is 0.325 e. The fourth-order valence-electron chi connectivity index (χ4n) is 3.41. The number of hydrogen-bond donors (Lipinski definition) is 3. The smallest absolute Gasteiger partial charge is 0.325 e. The van der Waals surface area contributed by atoms with Crippen molar-refractivity contribution in [2.75, 3.05) is 10.6 Å². The molecule has 0 amide bonds. The summed E-state index contributed by atoms with van der Waals surface area (Å²) in [6.07, 6.45) is 0. The number of nitrogens with zero attached hydrogens (tertiary/aromatic N) is 2. The average molecular weight is 386 g/mol. The maximum atomic E-state index is 11.4. The second-order valence-corrected chi connectivity index (χ2v) is 7.01. The van der Waals surface area contributed by atoms with Crippen molar-refractivity contribution in [1.29, 1.82) is 0 Å². The molecule has 0 saturated heterocycles. The van der Waals surface area contributed by atoms with Gasteiger partial charge in [0, 0.05) is 22.4 Å². The summed E-state index contributed by atoms with van der Waals surface area (Å²) < 4.78 is 1.52. The van der Waals surface area contributed by atoms with E-state index in [-0.39, 0.29) is 6.54 Å². The van der Waals surface area contributed by atoms with Crippen molar-refractivity contribution in [3.8, 4) is 0 Å². The minimum atomic E-state index is -0.936. The molecule has 0 aliphatic rings. The first kappa shape index (κ1) is 18.6. The first-order valence-corrected chi connectivity index (χ1v) is 9.39. The van der Waals surface area contributed by atoms with E-state index in [1.807, 2.05) is 80.6 Å². The van der Waals surface area contributed by atoms with Crippen LogP contribution in [0.15, 0.2) is 66.7 Å². The normalized spacial score (nSPS) is 10.8. The van der Waals surface area contributed by atoms with E-state index in [1.165, 1.54) is 4.68 Å². The summed E-state index contributed by atoms with van der Waals surface area (Å²) in [4.78, 5) is 11.4. The van der Waals surface area contributed by atoms with E-state index in [4.69, 9.17) is 0 Å². The highest BCUT2D eigenvalue weighted by Crippen LogP contribution is 2.31. The van der Waals surface area contributed by atoms with E-state index in [0.717, 1.165) is 39.1 Å². The van der Waals surface area contributed by atoms with Crippen LogP contribution in [0.25, 0.3) is 10.9 Å². The minimum Gasteiger partial charge on any atom is -0.480 e. The zero-order chi connectivity index (χ0) is 20.4. The van der Waals surface area contributed by atoms with E-state index >= 15 is 0 Å². The second kappa shape index (κ2) is 7.67. The topological polar surface area (TPSA) is 79.2 Å². The maximum absolute atomic E-state index is 11.4. The van der Waals surface area contributed by atoms with Crippen LogP contribution < -0.4 is 10.6 Å². The number of fused-ring (bicyclic) bond motifs is 1. The molecule has 1 heterocycles. The summed E-state index contributed by atoms with van der Waals surface area (Å²) in [5.41, 5.74) is 5.78. The van der Waals surface area contributed by atoms with E-state index in [9.17, 15) is 9.90 Å². The molecule has 6 nitrogen and oxygen atoms in total. The summed E-state index contributed by atoms with van der Waals surface area (Å²) in [5.74, 6) is -0.292. The molecule has 0 atom stereocenters. The average Bonchev–Trinajstić information content (AvgIpc) is 3.02. The van der Waals surface area contributed by atoms with E-state index in [2.05, 4.69) is 15.7 Å². The molecule has 6 heteroatoms. The number of benzene rings is 3. The predicted octanol–water partition coefficient (Wildman–Crippen LogP) is 5.22. The van der Waals surface area contributed by atoms with Gasteiger partial charge in [-0.1, -0.05) is 36.4 Å². The Morgan fingerprint density at radius 3 is 2.34 bits per heavy atom. The lowest BCUT2D eigenvalue weighted by molar-refractivity contribution is -0.137. The van der Waals surface area contributed by atoms with Crippen LogP contribution in [0.4, 0.5) is 22.9 Å². The van der Waals surface area contributed by atoms with Crippen molar-refractivity contribution >= 4 is 39.8 Å². The van der Waals surface area contributed by atoms with Crippen molar-refractivity contribution in [3.05, 3.63) is 77.9 Å². The number of hydrogen-bond acceptors (Lipinski definition) is 4. The van der Waals surface area contributed by atoms with Gasteiger partial charge in [0.2, 0.25) is 0 Å². The molecule has 4 rings (SSSR count). The van der Waals surface area contributed by atoms with E-state index in [0.29, 0.717) is 5.82 Å². The third-order valence-electron chi connectivity index (χ3n) is 4.82. The third kappa shape index (κ3) is 3.91. The van der Waals surface area contributed by atoms with Crippen LogP contribution in [-0.4, -0.2) is 20.9 Å². The molecule has 0 saturated carbocycles. The van der Waals surface area contributed by atoms with Crippen molar-refractivity contribution in [1.82, 2.24) is 9.78 Å². The van der Waals surface area contributed by atoms with Crippen LogP contribution in [0.3, 0.4) is 0 Å². The molecule has 0 spiro atoms. The molecule has 0 aliphatic carbocycles. The fraction of sp³-hybridized carbons (Fsp3) is 0.130. The van der Waals surface area contributed by atoms with Crippen molar-refractivity contribution in [2.24, 2.45) is 0 Å². The highest BCUT2D eigenvalue weighted by atomic mass is 16.4. The van der Waals surface area contributed by atoms with Crippen LogP contribution in [0, 0.1) is 13.8 Å². The Bertz CT molecular complexity index is 1160. The number of para-hydroxylation sites is 2. The molecular formula is C23H22N4O2. The molecule has 0 aliphatic heterocycles. The van der Waals surface area contributed by atoms with Gasteiger partial charge in [0.05, 0.1) is 5.52 Å². The molecule has 4 aromatic rings. The first-order valence-electron chi connectivity index (χ1n) is 9.39.